The topological polar surface area (TPSA) is 35.8 Å². The summed E-state index contributed by atoms with van der Waals surface area (Å²) in [5.74, 6) is -0.352. The molecule has 0 aliphatic carbocycles. The fourth-order valence-corrected chi connectivity index (χ4v) is 2.30. The molecule has 21 heavy (non-hydrogen) atoms. The van der Waals surface area contributed by atoms with Gasteiger partial charge in [-0.05, 0) is 38.0 Å². The summed E-state index contributed by atoms with van der Waals surface area (Å²) >= 11 is 0. The summed E-state index contributed by atoms with van der Waals surface area (Å²) in [6.45, 7) is 5.85. The lowest BCUT2D eigenvalue weighted by atomic mass is 10.0. The standard InChI is InChI=1S/C18H19FN2/c1-4-17(15-7-5-12(2)6-8-15)21-18-10-14(11-20)9-16(19)13(18)3/h5-10,17,21H,4H2,1-3H3. The number of halogens is 1. The maximum Gasteiger partial charge on any atom is 0.129 e. The van der Waals surface area contributed by atoms with Gasteiger partial charge in [0.2, 0.25) is 0 Å². The van der Waals surface area contributed by atoms with Crippen molar-refractivity contribution in [3.63, 3.8) is 0 Å². The summed E-state index contributed by atoms with van der Waals surface area (Å²) in [6, 6.07) is 13.4. The molecule has 0 aliphatic heterocycles. The normalized spacial score (nSPS) is 11.8. The van der Waals surface area contributed by atoms with Gasteiger partial charge >= 0.3 is 0 Å². The number of nitrogens with one attached hydrogen (secondary N) is 1. The minimum Gasteiger partial charge on any atom is -0.378 e. The third kappa shape index (κ3) is 3.41. The molecule has 2 rings (SSSR count). The highest BCUT2D eigenvalue weighted by molar-refractivity contribution is 5.57. The van der Waals surface area contributed by atoms with Crippen LogP contribution in [0.1, 0.15) is 41.6 Å². The number of aryl methyl sites for hydroxylation is 1. The zero-order valence-corrected chi connectivity index (χ0v) is 12.6. The Morgan fingerprint density at radius 3 is 2.43 bits per heavy atom. The Balaban J connectivity index is 2.33. The lowest BCUT2D eigenvalue weighted by molar-refractivity contribution is 0.617. The number of nitriles is 1. The van der Waals surface area contributed by atoms with Crippen molar-refractivity contribution >= 4 is 5.69 Å². The van der Waals surface area contributed by atoms with E-state index in [4.69, 9.17) is 5.26 Å². The van der Waals surface area contributed by atoms with Crippen LogP contribution in [-0.2, 0) is 0 Å². The van der Waals surface area contributed by atoms with Crippen molar-refractivity contribution in [2.24, 2.45) is 0 Å². The Morgan fingerprint density at radius 1 is 1.19 bits per heavy atom. The molecule has 0 saturated carbocycles. The maximum absolute atomic E-state index is 13.8. The summed E-state index contributed by atoms with van der Waals surface area (Å²) in [5.41, 5.74) is 3.92. The largest absolute Gasteiger partial charge is 0.378 e. The van der Waals surface area contributed by atoms with Gasteiger partial charge in [0, 0.05) is 11.3 Å². The Labute approximate surface area is 125 Å². The van der Waals surface area contributed by atoms with Gasteiger partial charge in [-0.2, -0.15) is 5.26 Å². The molecule has 0 spiro atoms. The molecular weight excluding hydrogens is 263 g/mol. The monoisotopic (exact) mass is 282 g/mol. The number of rotatable bonds is 4. The average molecular weight is 282 g/mol. The highest BCUT2D eigenvalue weighted by Gasteiger charge is 2.13. The van der Waals surface area contributed by atoms with Crippen molar-refractivity contribution in [3.8, 4) is 6.07 Å². The summed E-state index contributed by atoms with van der Waals surface area (Å²) in [4.78, 5) is 0. The van der Waals surface area contributed by atoms with E-state index in [2.05, 4.69) is 36.5 Å². The second-order valence-electron chi connectivity index (χ2n) is 5.26. The average Bonchev–Trinajstić information content (AvgIpc) is 2.49. The third-order valence-corrected chi connectivity index (χ3v) is 3.69. The predicted octanol–water partition coefficient (Wildman–Crippen LogP) is 4.88. The molecule has 108 valence electrons. The molecule has 3 heteroatoms. The third-order valence-electron chi connectivity index (χ3n) is 3.69. The second kappa shape index (κ2) is 6.41. The molecule has 0 amide bonds. The first kappa shape index (κ1) is 15.1. The zero-order valence-electron chi connectivity index (χ0n) is 12.6. The van der Waals surface area contributed by atoms with Gasteiger partial charge in [-0.15, -0.1) is 0 Å². The van der Waals surface area contributed by atoms with E-state index >= 15 is 0 Å². The smallest absolute Gasteiger partial charge is 0.129 e. The number of anilines is 1. The zero-order chi connectivity index (χ0) is 15.4. The van der Waals surface area contributed by atoms with Gasteiger partial charge in [0.15, 0.2) is 0 Å². The van der Waals surface area contributed by atoms with E-state index < -0.39 is 0 Å². The molecule has 0 saturated heterocycles. The Hall–Kier alpha value is -2.34. The van der Waals surface area contributed by atoms with Crippen LogP contribution in [0.3, 0.4) is 0 Å². The first-order chi connectivity index (χ1) is 10.0. The molecule has 0 heterocycles. The fourth-order valence-electron chi connectivity index (χ4n) is 2.30. The van der Waals surface area contributed by atoms with Crippen LogP contribution in [0, 0.1) is 31.0 Å². The SMILES string of the molecule is CCC(Nc1cc(C#N)cc(F)c1C)c1ccc(C)cc1. The van der Waals surface area contributed by atoms with E-state index in [-0.39, 0.29) is 11.9 Å². The summed E-state index contributed by atoms with van der Waals surface area (Å²) in [6.07, 6.45) is 0.876. The number of benzene rings is 2. The number of hydrogen-bond donors (Lipinski definition) is 1. The van der Waals surface area contributed by atoms with E-state index in [0.29, 0.717) is 16.8 Å². The molecule has 0 radical (unpaired) electrons. The van der Waals surface area contributed by atoms with E-state index in [1.807, 2.05) is 13.0 Å². The molecule has 2 aromatic carbocycles. The van der Waals surface area contributed by atoms with Crippen LogP contribution in [0.2, 0.25) is 0 Å². The molecule has 2 nitrogen and oxygen atoms in total. The summed E-state index contributed by atoms with van der Waals surface area (Å²) in [5, 5.41) is 12.3. The lowest BCUT2D eigenvalue weighted by Crippen LogP contribution is -2.11. The van der Waals surface area contributed by atoms with Crippen molar-refractivity contribution in [3.05, 3.63) is 64.5 Å². The lowest BCUT2D eigenvalue weighted by Gasteiger charge is -2.21. The van der Waals surface area contributed by atoms with Gasteiger partial charge in [0.25, 0.3) is 0 Å². The van der Waals surface area contributed by atoms with E-state index in [0.717, 1.165) is 12.0 Å². The highest BCUT2D eigenvalue weighted by atomic mass is 19.1. The number of nitrogens with zero attached hydrogens (tertiary/aromatic N) is 1. The van der Waals surface area contributed by atoms with Crippen molar-refractivity contribution < 1.29 is 4.39 Å². The van der Waals surface area contributed by atoms with Crippen molar-refractivity contribution in [2.45, 2.75) is 33.2 Å². The molecule has 1 atom stereocenters. The Kier molecular flexibility index (Phi) is 4.59. The minimum absolute atomic E-state index is 0.0950. The first-order valence-corrected chi connectivity index (χ1v) is 7.08. The van der Waals surface area contributed by atoms with Gasteiger partial charge < -0.3 is 5.32 Å². The second-order valence-corrected chi connectivity index (χ2v) is 5.26. The van der Waals surface area contributed by atoms with Crippen LogP contribution in [0.4, 0.5) is 10.1 Å². The van der Waals surface area contributed by atoms with Crippen molar-refractivity contribution in [2.75, 3.05) is 5.32 Å². The molecule has 1 N–H and O–H groups in total. The Bertz CT molecular complexity index is 669. The van der Waals surface area contributed by atoms with Gasteiger partial charge in [-0.25, -0.2) is 4.39 Å². The van der Waals surface area contributed by atoms with Gasteiger partial charge in [-0.1, -0.05) is 36.8 Å². The quantitative estimate of drug-likeness (QED) is 0.867. The van der Waals surface area contributed by atoms with Gasteiger partial charge in [0.1, 0.15) is 5.82 Å². The predicted molar refractivity (Wildman–Crippen MR) is 83.7 cm³/mol. The van der Waals surface area contributed by atoms with Crippen LogP contribution in [-0.4, -0.2) is 0 Å². The summed E-state index contributed by atoms with van der Waals surface area (Å²) < 4.78 is 13.8. The van der Waals surface area contributed by atoms with Crippen LogP contribution in [0.25, 0.3) is 0 Å². The molecule has 0 bridgehead atoms. The van der Waals surface area contributed by atoms with Gasteiger partial charge in [-0.3, -0.25) is 0 Å². The van der Waals surface area contributed by atoms with Gasteiger partial charge in [0.05, 0.1) is 17.7 Å². The van der Waals surface area contributed by atoms with E-state index in [1.54, 1.807) is 13.0 Å². The molecule has 0 aromatic heterocycles. The minimum atomic E-state index is -0.352. The van der Waals surface area contributed by atoms with Crippen LogP contribution in [0.5, 0.6) is 0 Å². The molecule has 2 aromatic rings. The van der Waals surface area contributed by atoms with Crippen molar-refractivity contribution in [1.82, 2.24) is 0 Å². The molecule has 1 unspecified atom stereocenters. The fraction of sp³-hybridized carbons (Fsp3) is 0.278. The molecule has 0 fully saturated rings. The summed E-state index contributed by atoms with van der Waals surface area (Å²) in [7, 11) is 0. The van der Waals surface area contributed by atoms with E-state index in [9.17, 15) is 4.39 Å². The number of hydrogen-bond acceptors (Lipinski definition) is 2. The molecular formula is C18H19FN2. The highest BCUT2D eigenvalue weighted by Crippen LogP contribution is 2.27. The van der Waals surface area contributed by atoms with Crippen LogP contribution in [0.15, 0.2) is 36.4 Å². The Morgan fingerprint density at radius 2 is 1.86 bits per heavy atom. The van der Waals surface area contributed by atoms with E-state index in [1.165, 1.54) is 11.6 Å². The van der Waals surface area contributed by atoms with Crippen LogP contribution < -0.4 is 5.32 Å². The van der Waals surface area contributed by atoms with Crippen LogP contribution >= 0.6 is 0 Å². The first-order valence-electron chi connectivity index (χ1n) is 7.08. The maximum atomic E-state index is 13.8. The van der Waals surface area contributed by atoms with Crippen molar-refractivity contribution in [1.29, 1.82) is 5.26 Å². The molecule has 0 aliphatic rings.